The molecule has 2 aliphatic heterocycles. The summed E-state index contributed by atoms with van der Waals surface area (Å²) >= 11 is 0. The van der Waals surface area contributed by atoms with Crippen molar-refractivity contribution >= 4 is 17.5 Å². The zero-order valence-electron chi connectivity index (χ0n) is 15.5. The molecule has 2 amide bonds. The minimum Gasteiger partial charge on any atom is -0.384 e. The molecule has 0 bridgehead atoms. The summed E-state index contributed by atoms with van der Waals surface area (Å²) in [5.74, 6) is -1.36. The standard InChI is InChI=1S/C22H18N4O2/c1-13-8-10-14(11-9-13)17-16(12-23)20(24)26(15-6-4-3-5-7-15)19-18(17)21(27)25(2)22(19)28/h3-11,17H,24H2,1-2H3. The maximum Gasteiger partial charge on any atom is 0.278 e. The summed E-state index contributed by atoms with van der Waals surface area (Å²) in [4.78, 5) is 28.5. The Morgan fingerprint density at radius 3 is 2.25 bits per heavy atom. The molecule has 4 rings (SSSR count). The topological polar surface area (TPSA) is 90.4 Å². The van der Waals surface area contributed by atoms with Gasteiger partial charge in [0.25, 0.3) is 11.8 Å². The van der Waals surface area contributed by atoms with Gasteiger partial charge < -0.3 is 5.73 Å². The molecular formula is C22H18N4O2. The fourth-order valence-corrected chi connectivity index (χ4v) is 3.72. The van der Waals surface area contributed by atoms with Crippen LogP contribution in [0.25, 0.3) is 0 Å². The Balaban J connectivity index is 2.01. The van der Waals surface area contributed by atoms with E-state index in [1.54, 1.807) is 12.1 Å². The van der Waals surface area contributed by atoms with E-state index in [0.717, 1.165) is 16.0 Å². The van der Waals surface area contributed by atoms with E-state index in [1.807, 2.05) is 49.4 Å². The third-order valence-electron chi connectivity index (χ3n) is 5.16. The lowest BCUT2D eigenvalue weighted by Gasteiger charge is -2.33. The molecule has 0 spiro atoms. The zero-order chi connectivity index (χ0) is 20.0. The molecule has 1 unspecified atom stereocenters. The molecule has 0 saturated carbocycles. The molecular weight excluding hydrogens is 352 g/mol. The number of aryl methyl sites for hydroxylation is 1. The molecule has 0 radical (unpaired) electrons. The first-order chi connectivity index (χ1) is 13.5. The van der Waals surface area contributed by atoms with Gasteiger partial charge in [0.15, 0.2) is 0 Å². The number of likely N-dealkylation sites (N-methyl/N-ethyl adjacent to an activating group) is 1. The minimum absolute atomic E-state index is 0.162. The van der Waals surface area contributed by atoms with Gasteiger partial charge in [-0.05, 0) is 24.6 Å². The summed E-state index contributed by atoms with van der Waals surface area (Å²) < 4.78 is 0. The summed E-state index contributed by atoms with van der Waals surface area (Å²) in [6.45, 7) is 1.96. The molecule has 28 heavy (non-hydrogen) atoms. The van der Waals surface area contributed by atoms with Gasteiger partial charge in [0.1, 0.15) is 11.5 Å². The van der Waals surface area contributed by atoms with Crippen molar-refractivity contribution < 1.29 is 9.59 Å². The molecule has 2 heterocycles. The van der Waals surface area contributed by atoms with Gasteiger partial charge in [0, 0.05) is 12.7 Å². The van der Waals surface area contributed by atoms with Gasteiger partial charge in [-0.15, -0.1) is 0 Å². The average molecular weight is 370 g/mol. The van der Waals surface area contributed by atoms with Crippen molar-refractivity contribution in [3.8, 4) is 6.07 Å². The molecule has 1 atom stereocenters. The maximum atomic E-state index is 13.0. The fourth-order valence-electron chi connectivity index (χ4n) is 3.72. The number of hydrogen-bond donors (Lipinski definition) is 1. The quantitative estimate of drug-likeness (QED) is 0.821. The lowest BCUT2D eigenvalue weighted by molar-refractivity contribution is -0.136. The number of hydrogen-bond acceptors (Lipinski definition) is 5. The molecule has 6 heteroatoms. The van der Waals surface area contributed by atoms with Crippen LogP contribution >= 0.6 is 0 Å². The van der Waals surface area contributed by atoms with E-state index in [1.165, 1.54) is 11.9 Å². The highest BCUT2D eigenvalue weighted by molar-refractivity contribution is 6.22. The number of para-hydroxylation sites is 1. The van der Waals surface area contributed by atoms with E-state index in [2.05, 4.69) is 6.07 Å². The van der Waals surface area contributed by atoms with Crippen LogP contribution in [-0.4, -0.2) is 23.8 Å². The lowest BCUT2D eigenvalue weighted by atomic mass is 9.81. The first-order valence-electron chi connectivity index (χ1n) is 8.83. The van der Waals surface area contributed by atoms with Crippen LogP contribution in [0, 0.1) is 18.3 Å². The molecule has 2 aromatic carbocycles. The molecule has 2 N–H and O–H groups in total. The van der Waals surface area contributed by atoms with Crippen molar-refractivity contribution in [2.45, 2.75) is 12.8 Å². The van der Waals surface area contributed by atoms with Crippen LogP contribution in [0.3, 0.4) is 0 Å². The summed E-state index contributed by atoms with van der Waals surface area (Å²) in [7, 11) is 1.45. The molecule has 2 aromatic rings. The highest BCUT2D eigenvalue weighted by Gasteiger charge is 2.48. The van der Waals surface area contributed by atoms with Gasteiger partial charge in [0.2, 0.25) is 0 Å². The van der Waals surface area contributed by atoms with Crippen LogP contribution in [0.5, 0.6) is 0 Å². The van der Waals surface area contributed by atoms with Crippen LogP contribution in [0.2, 0.25) is 0 Å². The summed E-state index contributed by atoms with van der Waals surface area (Å²) in [6, 6.07) is 18.8. The van der Waals surface area contributed by atoms with Crippen LogP contribution in [-0.2, 0) is 9.59 Å². The number of nitrogens with zero attached hydrogens (tertiary/aromatic N) is 3. The first kappa shape index (κ1) is 17.6. The van der Waals surface area contributed by atoms with E-state index >= 15 is 0 Å². The molecule has 0 aliphatic carbocycles. The summed E-state index contributed by atoms with van der Waals surface area (Å²) in [5, 5.41) is 9.90. The van der Waals surface area contributed by atoms with E-state index in [-0.39, 0.29) is 22.7 Å². The number of amides is 2. The van der Waals surface area contributed by atoms with Crippen molar-refractivity contribution in [1.82, 2.24) is 4.90 Å². The third-order valence-corrected chi connectivity index (χ3v) is 5.16. The molecule has 0 fully saturated rings. The summed E-state index contributed by atoms with van der Waals surface area (Å²) in [6.07, 6.45) is 0. The van der Waals surface area contributed by atoms with Gasteiger partial charge in [0.05, 0.1) is 23.1 Å². The van der Waals surface area contributed by atoms with Crippen molar-refractivity contribution in [2.24, 2.45) is 5.73 Å². The van der Waals surface area contributed by atoms with Crippen molar-refractivity contribution in [2.75, 3.05) is 11.9 Å². The van der Waals surface area contributed by atoms with E-state index in [9.17, 15) is 14.9 Å². The molecule has 6 nitrogen and oxygen atoms in total. The van der Waals surface area contributed by atoms with Crippen molar-refractivity contribution in [3.63, 3.8) is 0 Å². The number of imide groups is 1. The average Bonchev–Trinajstić information content (AvgIpc) is 2.93. The number of rotatable bonds is 2. The van der Waals surface area contributed by atoms with E-state index in [0.29, 0.717) is 5.69 Å². The number of benzene rings is 2. The van der Waals surface area contributed by atoms with Gasteiger partial charge in [-0.2, -0.15) is 5.26 Å². The first-order valence-corrected chi connectivity index (χ1v) is 8.83. The number of anilines is 1. The number of nitrogens with two attached hydrogens (primary N) is 1. The smallest absolute Gasteiger partial charge is 0.278 e. The minimum atomic E-state index is -0.679. The third kappa shape index (κ3) is 2.41. The highest BCUT2D eigenvalue weighted by Crippen LogP contribution is 2.45. The second kappa shape index (κ2) is 6.39. The predicted molar refractivity (Wildman–Crippen MR) is 104 cm³/mol. The Hall–Kier alpha value is -3.85. The van der Waals surface area contributed by atoms with Gasteiger partial charge in [-0.3, -0.25) is 19.4 Å². The Morgan fingerprint density at radius 1 is 1.00 bits per heavy atom. The molecule has 138 valence electrons. The van der Waals surface area contributed by atoms with Gasteiger partial charge >= 0.3 is 0 Å². The Bertz CT molecular complexity index is 1090. The number of carbonyl (C=O) groups is 2. The van der Waals surface area contributed by atoms with Crippen LogP contribution in [0.15, 0.2) is 77.3 Å². The number of carbonyl (C=O) groups excluding carboxylic acids is 2. The SMILES string of the molecule is Cc1ccc(C2C(C#N)=C(N)N(c3ccccc3)C3=C2C(=O)N(C)C3=O)cc1. The van der Waals surface area contributed by atoms with E-state index < -0.39 is 17.7 Å². The van der Waals surface area contributed by atoms with Gasteiger partial charge in [-0.1, -0.05) is 48.0 Å². The van der Waals surface area contributed by atoms with Crippen LogP contribution in [0.4, 0.5) is 5.69 Å². The van der Waals surface area contributed by atoms with Crippen molar-refractivity contribution in [1.29, 1.82) is 5.26 Å². The number of nitriles is 1. The maximum absolute atomic E-state index is 13.0. The van der Waals surface area contributed by atoms with Gasteiger partial charge in [-0.25, -0.2) is 0 Å². The van der Waals surface area contributed by atoms with Crippen LogP contribution < -0.4 is 10.6 Å². The Labute approximate surface area is 162 Å². The monoisotopic (exact) mass is 370 g/mol. The fraction of sp³-hybridized carbons (Fsp3) is 0.136. The highest BCUT2D eigenvalue weighted by atomic mass is 16.2. The molecule has 2 aliphatic rings. The zero-order valence-corrected chi connectivity index (χ0v) is 15.5. The predicted octanol–water partition coefficient (Wildman–Crippen LogP) is 2.55. The normalized spacial score (nSPS) is 19.2. The Kier molecular flexibility index (Phi) is 4.01. The van der Waals surface area contributed by atoms with E-state index in [4.69, 9.17) is 5.73 Å². The second-order valence-electron chi connectivity index (χ2n) is 6.86. The lowest BCUT2D eigenvalue weighted by Crippen LogP contribution is -2.37. The van der Waals surface area contributed by atoms with Crippen LogP contribution in [0.1, 0.15) is 17.0 Å². The summed E-state index contributed by atoms with van der Waals surface area (Å²) in [5.41, 5.74) is 9.58. The molecule has 0 saturated heterocycles. The molecule has 0 aromatic heterocycles. The largest absolute Gasteiger partial charge is 0.384 e. The second-order valence-corrected chi connectivity index (χ2v) is 6.86. The Morgan fingerprint density at radius 2 is 1.64 bits per heavy atom. The number of allylic oxidation sites excluding steroid dienone is 1. The van der Waals surface area contributed by atoms with Crippen molar-refractivity contribution in [3.05, 3.63) is 88.4 Å².